The van der Waals surface area contributed by atoms with Crippen LogP contribution in [0.15, 0.2) is 42.5 Å². The molecule has 0 radical (unpaired) electrons. The van der Waals surface area contributed by atoms with Crippen LogP contribution in [0.4, 0.5) is 0 Å². The molecule has 0 bridgehead atoms. The largest absolute Gasteiger partial charge is 0.454 e. The van der Waals surface area contributed by atoms with Crippen molar-refractivity contribution in [2.75, 3.05) is 6.79 Å². The van der Waals surface area contributed by atoms with Crippen LogP contribution < -0.4 is 14.8 Å². The van der Waals surface area contributed by atoms with Crippen LogP contribution >= 0.6 is 0 Å². The highest BCUT2D eigenvalue weighted by molar-refractivity contribution is 5.87. The minimum Gasteiger partial charge on any atom is -0.454 e. The summed E-state index contributed by atoms with van der Waals surface area (Å²) in [5, 5.41) is 3.19. The van der Waals surface area contributed by atoms with Crippen LogP contribution in [0.25, 0.3) is 0 Å². The van der Waals surface area contributed by atoms with Gasteiger partial charge in [-0.1, -0.05) is 55.2 Å². The van der Waals surface area contributed by atoms with Crippen LogP contribution in [0.3, 0.4) is 0 Å². The summed E-state index contributed by atoms with van der Waals surface area (Å²) in [5.74, 6) is 1.36. The van der Waals surface area contributed by atoms with Gasteiger partial charge >= 0.3 is 0 Å². The van der Waals surface area contributed by atoms with Gasteiger partial charge in [-0.2, -0.15) is 0 Å². The maximum absolute atomic E-state index is 13.4. The lowest BCUT2D eigenvalue weighted by Crippen LogP contribution is -2.50. The van der Waals surface area contributed by atoms with Crippen molar-refractivity contribution in [1.29, 1.82) is 0 Å². The molecule has 2 aliphatic rings. The number of carbonyl (C=O) groups excluding carboxylic acids is 2. The smallest absolute Gasteiger partial charge is 0.242 e. The van der Waals surface area contributed by atoms with Crippen molar-refractivity contribution < 1.29 is 19.1 Å². The summed E-state index contributed by atoms with van der Waals surface area (Å²) >= 11 is 0. The zero-order valence-corrected chi connectivity index (χ0v) is 19.6. The summed E-state index contributed by atoms with van der Waals surface area (Å²) in [7, 11) is 0. The molecule has 0 unspecified atom stereocenters. The van der Waals surface area contributed by atoms with E-state index in [1.807, 2.05) is 50.2 Å². The molecule has 1 aliphatic carbocycles. The number of aryl methyl sites for hydroxylation is 2. The molecule has 33 heavy (non-hydrogen) atoms. The Balaban J connectivity index is 1.44. The molecule has 2 aromatic rings. The number of rotatable bonds is 8. The van der Waals surface area contributed by atoms with E-state index < -0.39 is 6.04 Å². The van der Waals surface area contributed by atoms with E-state index in [1.54, 1.807) is 4.90 Å². The molecule has 1 fully saturated rings. The van der Waals surface area contributed by atoms with Gasteiger partial charge in [0.25, 0.3) is 0 Å². The van der Waals surface area contributed by atoms with Crippen LogP contribution in [0.2, 0.25) is 0 Å². The lowest BCUT2D eigenvalue weighted by molar-refractivity contribution is -0.141. The summed E-state index contributed by atoms with van der Waals surface area (Å²) in [4.78, 5) is 28.2. The summed E-state index contributed by atoms with van der Waals surface area (Å²) in [5.41, 5.74) is 3.19. The fourth-order valence-electron chi connectivity index (χ4n) is 4.65. The summed E-state index contributed by atoms with van der Waals surface area (Å²) in [6, 6.07) is 13.6. The first-order valence-corrected chi connectivity index (χ1v) is 12.0. The second kappa shape index (κ2) is 10.7. The van der Waals surface area contributed by atoms with E-state index in [0.717, 1.165) is 53.9 Å². The second-order valence-corrected chi connectivity index (χ2v) is 9.22. The number of nitrogens with one attached hydrogen (secondary N) is 1. The SMILES string of the molecule is Cc1cccc(CN(C(=O)CCc2ccc3c(c2)OCO3)[C@H](C)C(=O)NC2CCCCC2)c1. The normalized spacial score (nSPS) is 16.3. The highest BCUT2D eigenvalue weighted by Crippen LogP contribution is 2.32. The number of amides is 2. The molecule has 1 aliphatic heterocycles. The number of ether oxygens (including phenoxy) is 2. The lowest BCUT2D eigenvalue weighted by atomic mass is 9.95. The van der Waals surface area contributed by atoms with Gasteiger partial charge in [-0.25, -0.2) is 0 Å². The topological polar surface area (TPSA) is 67.9 Å². The van der Waals surface area contributed by atoms with Gasteiger partial charge in [0.05, 0.1) is 0 Å². The zero-order valence-electron chi connectivity index (χ0n) is 19.6. The van der Waals surface area contributed by atoms with Gasteiger partial charge in [0.1, 0.15) is 6.04 Å². The van der Waals surface area contributed by atoms with Crippen LogP contribution in [0.1, 0.15) is 62.1 Å². The molecular formula is C27H34N2O4. The average molecular weight is 451 g/mol. The molecule has 2 amide bonds. The Morgan fingerprint density at radius 3 is 2.61 bits per heavy atom. The van der Waals surface area contributed by atoms with Gasteiger partial charge in [-0.3, -0.25) is 9.59 Å². The predicted octanol–water partition coefficient (Wildman–Crippen LogP) is 4.52. The van der Waals surface area contributed by atoms with Gasteiger partial charge in [-0.15, -0.1) is 0 Å². The van der Waals surface area contributed by atoms with Crippen LogP contribution in [-0.2, 0) is 22.6 Å². The molecule has 0 aromatic heterocycles. The third-order valence-electron chi connectivity index (χ3n) is 6.62. The van der Waals surface area contributed by atoms with Crippen molar-refractivity contribution in [2.45, 2.75) is 77.4 Å². The molecule has 0 spiro atoms. The summed E-state index contributed by atoms with van der Waals surface area (Å²) in [6.45, 7) is 4.53. The number of nitrogens with zero attached hydrogens (tertiary/aromatic N) is 1. The van der Waals surface area contributed by atoms with Gasteiger partial charge in [0.2, 0.25) is 18.6 Å². The van der Waals surface area contributed by atoms with Gasteiger partial charge in [0.15, 0.2) is 11.5 Å². The van der Waals surface area contributed by atoms with Gasteiger partial charge in [-0.05, 0) is 56.4 Å². The van der Waals surface area contributed by atoms with Crippen molar-refractivity contribution in [1.82, 2.24) is 10.2 Å². The maximum Gasteiger partial charge on any atom is 0.242 e. The number of benzene rings is 2. The Bertz CT molecular complexity index is 984. The molecule has 1 N–H and O–H groups in total. The van der Waals surface area contributed by atoms with Crippen molar-refractivity contribution in [3.8, 4) is 11.5 Å². The summed E-state index contributed by atoms with van der Waals surface area (Å²) in [6.07, 6.45) is 6.49. The van der Waals surface area contributed by atoms with E-state index in [0.29, 0.717) is 19.4 Å². The second-order valence-electron chi connectivity index (χ2n) is 9.22. The molecule has 176 valence electrons. The fourth-order valence-corrected chi connectivity index (χ4v) is 4.65. The van der Waals surface area contributed by atoms with E-state index in [-0.39, 0.29) is 24.6 Å². The highest BCUT2D eigenvalue weighted by atomic mass is 16.7. The first-order chi connectivity index (χ1) is 16.0. The van der Waals surface area contributed by atoms with Crippen molar-refractivity contribution in [2.24, 2.45) is 0 Å². The standard InChI is InChI=1S/C27H34N2O4/c1-19-7-6-8-22(15-19)17-29(20(2)27(31)28-23-9-4-3-5-10-23)26(30)14-12-21-11-13-24-25(16-21)33-18-32-24/h6-8,11,13,15-16,20,23H,3-5,9-10,12,14,17-18H2,1-2H3,(H,28,31)/t20-/m1/s1. The predicted molar refractivity (Wildman–Crippen MR) is 127 cm³/mol. The van der Waals surface area contributed by atoms with Gasteiger partial charge < -0.3 is 19.7 Å². The van der Waals surface area contributed by atoms with E-state index in [4.69, 9.17) is 9.47 Å². The van der Waals surface area contributed by atoms with Crippen molar-refractivity contribution in [3.63, 3.8) is 0 Å². The molecular weight excluding hydrogens is 416 g/mol. The molecule has 6 nitrogen and oxygen atoms in total. The van der Waals surface area contributed by atoms with Crippen molar-refractivity contribution >= 4 is 11.8 Å². The maximum atomic E-state index is 13.4. The molecule has 1 atom stereocenters. The molecule has 2 aromatic carbocycles. The Kier molecular flexibility index (Phi) is 7.53. The third-order valence-corrected chi connectivity index (χ3v) is 6.62. The van der Waals surface area contributed by atoms with E-state index in [9.17, 15) is 9.59 Å². The third kappa shape index (κ3) is 6.06. The Morgan fingerprint density at radius 2 is 1.82 bits per heavy atom. The number of hydrogen-bond donors (Lipinski definition) is 1. The van der Waals surface area contributed by atoms with Crippen molar-refractivity contribution in [3.05, 3.63) is 59.2 Å². The Morgan fingerprint density at radius 1 is 1.03 bits per heavy atom. The minimum atomic E-state index is -0.531. The zero-order chi connectivity index (χ0) is 23.2. The van der Waals surface area contributed by atoms with Crippen LogP contribution in [0.5, 0.6) is 11.5 Å². The monoisotopic (exact) mass is 450 g/mol. The first-order valence-electron chi connectivity index (χ1n) is 12.0. The molecule has 0 saturated heterocycles. The fraction of sp³-hybridized carbons (Fsp3) is 0.481. The average Bonchev–Trinajstić information content (AvgIpc) is 3.29. The molecule has 4 rings (SSSR count). The molecule has 6 heteroatoms. The minimum absolute atomic E-state index is 0.0273. The Hall–Kier alpha value is -3.02. The van der Waals surface area contributed by atoms with E-state index in [2.05, 4.69) is 11.4 Å². The number of carbonyl (C=O) groups is 2. The van der Waals surface area contributed by atoms with Gasteiger partial charge in [0, 0.05) is 19.0 Å². The number of fused-ring (bicyclic) bond motifs is 1. The molecule has 1 saturated carbocycles. The van der Waals surface area contributed by atoms with Crippen LogP contribution in [0, 0.1) is 6.92 Å². The number of hydrogen-bond acceptors (Lipinski definition) is 4. The quantitative estimate of drug-likeness (QED) is 0.642. The van der Waals surface area contributed by atoms with E-state index >= 15 is 0 Å². The first kappa shape index (κ1) is 23.1. The highest BCUT2D eigenvalue weighted by Gasteiger charge is 2.28. The van der Waals surface area contributed by atoms with Crippen LogP contribution in [-0.4, -0.2) is 35.6 Å². The van der Waals surface area contributed by atoms with E-state index in [1.165, 1.54) is 6.42 Å². The Labute approximate surface area is 196 Å². The lowest BCUT2D eigenvalue weighted by Gasteiger charge is -2.31. The molecule has 1 heterocycles. The summed E-state index contributed by atoms with van der Waals surface area (Å²) < 4.78 is 10.8.